The molecule has 1 aliphatic heterocycles. The van der Waals surface area contributed by atoms with Crippen LogP contribution in [0.15, 0.2) is 64.2 Å². The Morgan fingerprint density at radius 3 is 2.41 bits per heavy atom. The maximum Gasteiger partial charge on any atom is 0.333 e. The number of rotatable bonds is 5. The van der Waals surface area contributed by atoms with Gasteiger partial charge in [0.15, 0.2) is 11.2 Å². The number of fused-ring (bicyclic) bond motifs is 3. The molecule has 1 unspecified atom stereocenters. The number of aromatic nitrogens is 4. The second kappa shape index (κ2) is 8.22. The van der Waals surface area contributed by atoms with Crippen molar-refractivity contribution in [2.24, 2.45) is 13.0 Å². The molecular formula is C24H23N5O5. The SMILES string of the molecule is CC1CN(c2ccc(Oc3ccccc3)cc2)c2nc3c(c(=O)n(CC(=O)O)c(=O)n3C)n2C1. The molecule has 0 amide bonds. The molecular weight excluding hydrogens is 438 g/mol. The van der Waals surface area contributed by atoms with E-state index in [1.54, 1.807) is 4.57 Å². The summed E-state index contributed by atoms with van der Waals surface area (Å²) in [7, 11) is 1.49. The Morgan fingerprint density at radius 1 is 1.06 bits per heavy atom. The van der Waals surface area contributed by atoms with Gasteiger partial charge in [0.05, 0.1) is 0 Å². The smallest absolute Gasteiger partial charge is 0.333 e. The molecule has 3 heterocycles. The lowest BCUT2D eigenvalue weighted by atomic mass is 10.1. The van der Waals surface area contributed by atoms with Crippen LogP contribution in [0.4, 0.5) is 11.6 Å². The number of aryl methyl sites for hydroxylation is 1. The van der Waals surface area contributed by atoms with Crippen molar-refractivity contribution in [3.05, 3.63) is 75.4 Å². The number of hydrogen-bond donors (Lipinski definition) is 1. The van der Waals surface area contributed by atoms with Gasteiger partial charge in [0.25, 0.3) is 5.56 Å². The molecule has 0 radical (unpaired) electrons. The first-order chi connectivity index (χ1) is 16.3. The van der Waals surface area contributed by atoms with Crippen LogP contribution in [0.3, 0.4) is 0 Å². The van der Waals surface area contributed by atoms with E-state index in [4.69, 9.17) is 9.84 Å². The predicted molar refractivity (Wildman–Crippen MR) is 126 cm³/mol. The molecule has 1 atom stereocenters. The van der Waals surface area contributed by atoms with Crippen molar-refractivity contribution in [3.8, 4) is 11.5 Å². The van der Waals surface area contributed by atoms with E-state index in [-0.39, 0.29) is 17.1 Å². The van der Waals surface area contributed by atoms with Gasteiger partial charge < -0.3 is 19.3 Å². The van der Waals surface area contributed by atoms with Crippen LogP contribution in [0.2, 0.25) is 0 Å². The van der Waals surface area contributed by atoms with E-state index in [1.165, 1.54) is 11.6 Å². The third-order valence-electron chi connectivity index (χ3n) is 5.86. The molecule has 10 heteroatoms. The molecule has 10 nitrogen and oxygen atoms in total. The average molecular weight is 461 g/mol. The Labute approximate surface area is 193 Å². The van der Waals surface area contributed by atoms with E-state index in [9.17, 15) is 14.4 Å². The zero-order valence-electron chi connectivity index (χ0n) is 18.7. The average Bonchev–Trinajstić information content (AvgIpc) is 3.20. The van der Waals surface area contributed by atoms with Gasteiger partial charge in [-0.2, -0.15) is 4.98 Å². The summed E-state index contributed by atoms with van der Waals surface area (Å²) in [4.78, 5) is 43.6. The summed E-state index contributed by atoms with van der Waals surface area (Å²) < 4.78 is 9.62. The monoisotopic (exact) mass is 461 g/mol. The number of ether oxygens (including phenoxy) is 1. The molecule has 5 rings (SSSR count). The topological polar surface area (TPSA) is 112 Å². The van der Waals surface area contributed by atoms with Crippen molar-refractivity contribution < 1.29 is 14.6 Å². The number of nitrogens with zero attached hydrogens (tertiary/aromatic N) is 5. The van der Waals surface area contributed by atoms with Crippen LogP contribution in [0.5, 0.6) is 11.5 Å². The van der Waals surface area contributed by atoms with Gasteiger partial charge in [0.2, 0.25) is 5.95 Å². The summed E-state index contributed by atoms with van der Waals surface area (Å²) in [6.07, 6.45) is 0. The molecule has 1 aliphatic rings. The van der Waals surface area contributed by atoms with Gasteiger partial charge in [-0.25, -0.2) is 9.36 Å². The second-order valence-corrected chi connectivity index (χ2v) is 8.45. The summed E-state index contributed by atoms with van der Waals surface area (Å²) in [6, 6.07) is 17.1. The summed E-state index contributed by atoms with van der Waals surface area (Å²) in [5.41, 5.74) is -0.0506. The number of benzene rings is 2. The molecule has 2 aromatic heterocycles. The van der Waals surface area contributed by atoms with E-state index in [0.29, 0.717) is 24.8 Å². The zero-order chi connectivity index (χ0) is 24.0. The Balaban J connectivity index is 1.58. The third kappa shape index (κ3) is 3.62. The number of imidazole rings is 1. The van der Waals surface area contributed by atoms with Gasteiger partial charge in [-0.3, -0.25) is 14.2 Å². The van der Waals surface area contributed by atoms with E-state index in [2.05, 4.69) is 11.9 Å². The normalized spacial score (nSPS) is 15.4. The van der Waals surface area contributed by atoms with E-state index in [1.807, 2.05) is 59.5 Å². The molecule has 0 fully saturated rings. The number of hydrogen-bond acceptors (Lipinski definition) is 6. The predicted octanol–water partition coefficient (Wildman–Crippen LogP) is 2.56. The molecule has 0 spiro atoms. The molecule has 4 aromatic rings. The minimum atomic E-state index is -1.26. The highest BCUT2D eigenvalue weighted by atomic mass is 16.5. The van der Waals surface area contributed by atoms with Gasteiger partial charge in [0.1, 0.15) is 18.0 Å². The number of aliphatic carboxylic acids is 1. The van der Waals surface area contributed by atoms with Gasteiger partial charge in [-0.05, 0) is 42.3 Å². The van der Waals surface area contributed by atoms with Crippen molar-refractivity contribution in [2.45, 2.75) is 20.0 Å². The highest BCUT2D eigenvalue weighted by Crippen LogP contribution is 2.34. The van der Waals surface area contributed by atoms with Gasteiger partial charge in [-0.1, -0.05) is 25.1 Å². The summed E-state index contributed by atoms with van der Waals surface area (Å²) in [6.45, 7) is 2.55. The third-order valence-corrected chi connectivity index (χ3v) is 5.86. The number of carboxylic acid groups (broad SMARTS) is 1. The first-order valence-corrected chi connectivity index (χ1v) is 10.9. The van der Waals surface area contributed by atoms with Crippen LogP contribution in [-0.4, -0.2) is 36.3 Å². The quantitative estimate of drug-likeness (QED) is 0.486. The van der Waals surface area contributed by atoms with Crippen LogP contribution < -0.4 is 20.9 Å². The summed E-state index contributed by atoms with van der Waals surface area (Å²) in [5.74, 6) is 0.874. The van der Waals surface area contributed by atoms with Crippen molar-refractivity contribution >= 4 is 28.8 Å². The second-order valence-electron chi connectivity index (χ2n) is 8.45. The Kier molecular flexibility index (Phi) is 5.20. The fourth-order valence-electron chi connectivity index (χ4n) is 4.32. The fraction of sp³-hybridized carbons (Fsp3) is 0.250. The largest absolute Gasteiger partial charge is 0.480 e. The van der Waals surface area contributed by atoms with E-state index >= 15 is 0 Å². The van der Waals surface area contributed by atoms with Crippen LogP contribution in [-0.2, 0) is 24.9 Å². The maximum atomic E-state index is 13.1. The molecule has 0 saturated carbocycles. The number of carboxylic acids is 1. The highest BCUT2D eigenvalue weighted by Gasteiger charge is 2.30. The van der Waals surface area contributed by atoms with Crippen molar-refractivity contribution in [1.82, 2.24) is 18.7 Å². The van der Waals surface area contributed by atoms with Crippen molar-refractivity contribution in [1.29, 1.82) is 0 Å². The first kappa shape index (κ1) is 21.5. The van der Waals surface area contributed by atoms with Gasteiger partial charge >= 0.3 is 11.7 Å². The summed E-state index contributed by atoms with van der Waals surface area (Å²) in [5, 5.41) is 9.17. The standard InChI is InChI=1S/C24H23N5O5/c1-15-12-27(16-8-10-18(11-9-16)34-17-6-4-3-5-7-17)23-25-21-20(28(23)13-15)22(32)29(14-19(30)31)24(33)26(21)2/h3-11,15H,12-14H2,1-2H3,(H,30,31). The fourth-order valence-corrected chi connectivity index (χ4v) is 4.32. The Bertz CT molecular complexity index is 1500. The molecule has 2 aromatic carbocycles. The molecule has 0 saturated heterocycles. The van der Waals surface area contributed by atoms with Crippen LogP contribution in [0.1, 0.15) is 6.92 Å². The van der Waals surface area contributed by atoms with E-state index in [0.717, 1.165) is 16.0 Å². The Morgan fingerprint density at radius 2 is 1.74 bits per heavy atom. The Hall–Kier alpha value is -4.34. The number of para-hydroxylation sites is 1. The molecule has 0 bridgehead atoms. The lowest BCUT2D eigenvalue weighted by molar-refractivity contribution is -0.137. The molecule has 34 heavy (non-hydrogen) atoms. The molecule has 1 N–H and O–H groups in total. The minimum Gasteiger partial charge on any atom is -0.480 e. The molecule has 174 valence electrons. The van der Waals surface area contributed by atoms with Crippen molar-refractivity contribution in [2.75, 3.05) is 11.4 Å². The van der Waals surface area contributed by atoms with Gasteiger partial charge in [0, 0.05) is 25.8 Å². The van der Waals surface area contributed by atoms with Crippen LogP contribution in [0.25, 0.3) is 11.2 Å². The lowest BCUT2D eigenvalue weighted by Crippen LogP contribution is -2.41. The number of anilines is 2. The van der Waals surface area contributed by atoms with Crippen LogP contribution in [0, 0.1) is 5.92 Å². The number of carbonyl (C=O) groups is 1. The minimum absolute atomic E-state index is 0.176. The van der Waals surface area contributed by atoms with Crippen molar-refractivity contribution in [3.63, 3.8) is 0 Å². The molecule has 0 aliphatic carbocycles. The lowest BCUT2D eigenvalue weighted by Gasteiger charge is -2.33. The highest BCUT2D eigenvalue weighted by molar-refractivity contribution is 5.77. The summed E-state index contributed by atoms with van der Waals surface area (Å²) >= 11 is 0. The van der Waals surface area contributed by atoms with Crippen LogP contribution >= 0.6 is 0 Å². The zero-order valence-corrected chi connectivity index (χ0v) is 18.7. The van der Waals surface area contributed by atoms with Gasteiger partial charge in [-0.15, -0.1) is 0 Å². The first-order valence-electron chi connectivity index (χ1n) is 10.9. The maximum absolute atomic E-state index is 13.1. The van der Waals surface area contributed by atoms with E-state index < -0.39 is 23.8 Å².